The summed E-state index contributed by atoms with van der Waals surface area (Å²) in [7, 11) is 4.22. The van der Waals surface area contributed by atoms with Gasteiger partial charge in [-0.2, -0.15) is 0 Å². The number of nitrogens with one attached hydrogen (secondary N) is 1. The number of rotatable bonds is 5. The molecule has 0 heterocycles. The van der Waals surface area contributed by atoms with Crippen molar-refractivity contribution in [3.63, 3.8) is 0 Å². The van der Waals surface area contributed by atoms with Gasteiger partial charge in [0, 0.05) is 5.92 Å². The van der Waals surface area contributed by atoms with Crippen LogP contribution in [0, 0.1) is 5.92 Å². The average Bonchev–Trinajstić information content (AvgIpc) is 2.46. The molecule has 0 unspecified atom stereocenters. The molecule has 0 aliphatic heterocycles. The standard InChI is InChI=1S/C17H25NO.ClH/c1-18(2)13-12-17(19)16-10-8-15(9-11-16)14-6-4-3-5-7-14;/h3-7,15-16H,8-13H2,1-2H3;1H. The third-order valence-corrected chi connectivity index (χ3v) is 4.32. The minimum absolute atomic E-state index is 0. The van der Waals surface area contributed by atoms with Crippen LogP contribution in [0.1, 0.15) is 43.6 Å². The van der Waals surface area contributed by atoms with E-state index in [-0.39, 0.29) is 12.4 Å². The van der Waals surface area contributed by atoms with Crippen LogP contribution in [-0.2, 0) is 4.79 Å². The lowest BCUT2D eigenvalue weighted by Gasteiger charge is -2.28. The van der Waals surface area contributed by atoms with Crippen LogP contribution in [0.4, 0.5) is 0 Å². The van der Waals surface area contributed by atoms with Crippen molar-refractivity contribution in [1.82, 2.24) is 0 Å². The van der Waals surface area contributed by atoms with Gasteiger partial charge in [-0.3, -0.25) is 4.79 Å². The quantitative estimate of drug-likeness (QED) is 0.745. The summed E-state index contributed by atoms with van der Waals surface area (Å²) in [6.45, 7) is 0.970. The summed E-state index contributed by atoms with van der Waals surface area (Å²) >= 11 is 0. The van der Waals surface area contributed by atoms with Crippen LogP contribution >= 0.6 is 0 Å². The number of ketones is 1. The number of quaternary nitrogens is 1. The Morgan fingerprint density at radius 2 is 1.70 bits per heavy atom. The normalized spacial score (nSPS) is 22.4. The minimum Gasteiger partial charge on any atom is -1.00 e. The molecule has 0 radical (unpaired) electrons. The van der Waals surface area contributed by atoms with Crippen molar-refractivity contribution in [2.24, 2.45) is 5.92 Å². The highest BCUT2D eigenvalue weighted by Crippen LogP contribution is 2.36. The van der Waals surface area contributed by atoms with Crippen molar-refractivity contribution in [2.45, 2.75) is 38.0 Å². The molecule has 0 spiro atoms. The van der Waals surface area contributed by atoms with Crippen molar-refractivity contribution in [3.05, 3.63) is 35.9 Å². The molecule has 1 aromatic carbocycles. The van der Waals surface area contributed by atoms with Crippen molar-refractivity contribution >= 4 is 5.78 Å². The van der Waals surface area contributed by atoms with Crippen LogP contribution in [0.2, 0.25) is 0 Å². The lowest BCUT2D eigenvalue weighted by atomic mass is 9.77. The van der Waals surface area contributed by atoms with E-state index in [1.165, 1.54) is 23.3 Å². The number of hydrogen-bond acceptors (Lipinski definition) is 1. The van der Waals surface area contributed by atoms with Gasteiger partial charge in [0.2, 0.25) is 0 Å². The number of halogens is 1. The molecule has 1 aromatic rings. The van der Waals surface area contributed by atoms with Crippen LogP contribution in [-0.4, -0.2) is 26.4 Å². The lowest BCUT2D eigenvalue weighted by Crippen LogP contribution is -3.05. The first-order valence-corrected chi connectivity index (χ1v) is 7.53. The maximum atomic E-state index is 12.1. The van der Waals surface area contributed by atoms with Gasteiger partial charge in [-0.05, 0) is 37.2 Å². The molecule has 1 aliphatic rings. The van der Waals surface area contributed by atoms with Crippen molar-refractivity contribution < 1.29 is 22.1 Å². The molecule has 1 saturated carbocycles. The monoisotopic (exact) mass is 295 g/mol. The van der Waals surface area contributed by atoms with Crippen LogP contribution in [0.3, 0.4) is 0 Å². The van der Waals surface area contributed by atoms with E-state index in [0.717, 1.165) is 25.8 Å². The third kappa shape index (κ3) is 4.92. The Morgan fingerprint density at radius 3 is 2.25 bits per heavy atom. The number of Topliss-reactive ketones (excluding diaryl/α,β-unsaturated/α-hetero) is 1. The molecule has 3 heteroatoms. The van der Waals surface area contributed by atoms with E-state index < -0.39 is 0 Å². The van der Waals surface area contributed by atoms with Crippen LogP contribution in [0.25, 0.3) is 0 Å². The zero-order valence-electron chi connectivity index (χ0n) is 12.6. The molecule has 0 bridgehead atoms. The number of hydrogen-bond donors (Lipinski definition) is 1. The van der Waals surface area contributed by atoms with Crippen LogP contribution < -0.4 is 17.3 Å². The molecule has 1 fully saturated rings. The van der Waals surface area contributed by atoms with Gasteiger partial charge in [0.05, 0.1) is 27.1 Å². The molecule has 1 aliphatic carbocycles. The minimum atomic E-state index is 0. The number of benzene rings is 1. The summed E-state index contributed by atoms with van der Waals surface area (Å²) in [5, 5.41) is 0. The Hall–Kier alpha value is -0.860. The van der Waals surface area contributed by atoms with Crippen molar-refractivity contribution in [3.8, 4) is 0 Å². The van der Waals surface area contributed by atoms with E-state index in [9.17, 15) is 4.79 Å². The summed E-state index contributed by atoms with van der Waals surface area (Å²) in [6, 6.07) is 10.8. The van der Waals surface area contributed by atoms with Crippen LogP contribution in [0.5, 0.6) is 0 Å². The van der Waals surface area contributed by atoms with Gasteiger partial charge >= 0.3 is 0 Å². The third-order valence-electron chi connectivity index (χ3n) is 4.32. The fourth-order valence-corrected chi connectivity index (χ4v) is 3.05. The average molecular weight is 296 g/mol. The second-order valence-corrected chi connectivity index (χ2v) is 6.13. The molecular weight excluding hydrogens is 270 g/mol. The first kappa shape index (κ1) is 17.2. The van der Waals surface area contributed by atoms with Gasteiger partial charge in [-0.25, -0.2) is 0 Å². The largest absolute Gasteiger partial charge is 1.00 e. The molecule has 112 valence electrons. The first-order valence-electron chi connectivity index (χ1n) is 7.53. The summed E-state index contributed by atoms with van der Waals surface area (Å²) in [4.78, 5) is 13.5. The van der Waals surface area contributed by atoms with Gasteiger partial charge in [-0.1, -0.05) is 30.3 Å². The summed E-state index contributed by atoms with van der Waals surface area (Å²) in [6.07, 6.45) is 5.27. The molecule has 2 rings (SSSR count). The second kappa shape index (κ2) is 8.43. The zero-order chi connectivity index (χ0) is 13.7. The molecule has 2 nitrogen and oxygen atoms in total. The van der Waals surface area contributed by atoms with Crippen molar-refractivity contribution in [1.29, 1.82) is 0 Å². The Morgan fingerprint density at radius 1 is 1.10 bits per heavy atom. The highest BCUT2D eigenvalue weighted by Gasteiger charge is 2.26. The molecule has 1 N–H and O–H groups in total. The second-order valence-electron chi connectivity index (χ2n) is 6.13. The Labute approximate surface area is 129 Å². The van der Waals surface area contributed by atoms with Gasteiger partial charge < -0.3 is 17.3 Å². The summed E-state index contributed by atoms with van der Waals surface area (Å²) in [5.41, 5.74) is 1.45. The Bertz CT molecular complexity index is 397. The maximum absolute atomic E-state index is 12.1. The van der Waals surface area contributed by atoms with E-state index >= 15 is 0 Å². The Balaban J connectivity index is 0.00000200. The van der Waals surface area contributed by atoms with Gasteiger partial charge in [0.1, 0.15) is 5.78 Å². The Kier molecular flexibility index (Phi) is 7.25. The van der Waals surface area contributed by atoms with Crippen molar-refractivity contribution in [2.75, 3.05) is 20.6 Å². The van der Waals surface area contributed by atoms with E-state index in [1.807, 2.05) is 0 Å². The molecule has 0 saturated heterocycles. The van der Waals surface area contributed by atoms with E-state index in [0.29, 0.717) is 17.6 Å². The molecule has 20 heavy (non-hydrogen) atoms. The van der Waals surface area contributed by atoms with Crippen LogP contribution in [0.15, 0.2) is 30.3 Å². The predicted molar refractivity (Wildman–Crippen MR) is 78.4 cm³/mol. The molecule has 0 amide bonds. The predicted octanol–water partition coefficient (Wildman–Crippen LogP) is -0.932. The smallest absolute Gasteiger partial charge is 0.141 e. The first-order chi connectivity index (χ1) is 9.16. The van der Waals surface area contributed by atoms with Gasteiger partial charge in [0.15, 0.2) is 0 Å². The zero-order valence-corrected chi connectivity index (χ0v) is 13.3. The van der Waals surface area contributed by atoms with E-state index in [2.05, 4.69) is 44.4 Å². The van der Waals surface area contributed by atoms with E-state index in [4.69, 9.17) is 0 Å². The summed E-state index contributed by atoms with van der Waals surface area (Å²) in [5.74, 6) is 1.50. The highest BCUT2D eigenvalue weighted by atomic mass is 35.5. The summed E-state index contributed by atoms with van der Waals surface area (Å²) < 4.78 is 0. The lowest BCUT2D eigenvalue weighted by molar-refractivity contribution is -0.857. The van der Waals surface area contributed by atoms with Gasteiger partial charge in [0.25, 0.3) is 0 Å². The maximum Gasteiger partial charge on any atom is 0.141 e. The fraction of sp³-hybridized carbons (Fsp3) is 0.588. The number of carbonyl (C=O) groups is 1. The fourth-order valence-electron chi connectivity index (χ4n) is 3.05. The molecule has 0 atom stereocenters. The number of carbonyl (C=O) groups excluding carboxylic acids is 1. The topological polar surface area (TPSA) is 21.5 Å². The molecule has 0 aromatic heterocycles. The van der Waals surface area contributed by atoms with Gasteiger partial charge in [-0.15, -0.1) is 0 Å². The SMILES string of the molecule is C[NH+](C)CCC(=O)C1CCC(c2ccccc2)CC1.[Cl-]. The van der Waals surface area contributed by atoms with E-state index in [1.54, 1.807) is 0 Å². The molecular formula is C17H26ClNO. The highest BCUT2D eigenvalue weighted by molar-refractivity contribution is 5.81.